The molecule has 22 heavy (non-hydrogen) atoms. The lowest BCUT2D eigenvalue weighted by Crippen LogP contribution is -2.10. The third-order valence-corrected chi connectivity index (χ3v) is 3.80. The molecular formula is C14H9N3O4S. The number of nitrogens with one attached hydrogen (secondary N) is 1. The summed E-state index contributed by atoms with van der Waals surface area (Å²) in [5, 5.41) is 13.7. The summed E-state index contributed by atoms with van der Waals surface area (Å²) in [5.41, 5.74) is 0.821. The average molecular weight is 315 g/mol. The lowest BCUT2D eigenvalue weighted by Gasteiger charge is -1.97. The van der Waals surface area contributed by atoms with Crippen molar-refractivity contribution in [3.05, 3.63) is 64.7 Å². The summed E-state index contributed by atoms with van der Waals surface area (Å²) < 4.78 is 5.00. The Morgan fingerprint density at radius 2 is 2.05 bits per heavy atom. The van der Waals surface area contributed by atoms with Gasteiger partial charge in [0.25, 0.3) is 11.6 Å². The van der Waals surface area contributed by atoms with Crippen molar-refractivity contribution < 1.29 is 14.1 Å². The number of hydrogen-bond acceptors (Lipinski definition) is 6. The topological polar surface area (TPSA) is 98.3 Å². The third-order valence-electron chi connectivity index (χ3n) is 2.83. The van der Waals surface area contributed by atoms with E-state index in [1.54, 1.807) is 30.5 Å². The zero-order valence-electron chi connectivity index (χ0n) is 11.1. The van der Waals surface area contributed by atoms with Crippen LogP contribution in [0, 0.1) is 10.1 Å². The van der Waals surface area contributed by atoms with Crippen molar-refractivity contribution in [1.29, 1.82) is 0 Å². The predicted octanol–water partition coefficient (Wildman–Crippen LogP) is 3.56. The Balaban J connectivity index is 1.76. The number of non-ortho nitro benzene ring substituents is 1. The van der Waals surface area contributed by atoms with Gasteiger partial charge < -0.3 is 4.42 Å². The average Bonchev–Trinajstić information content (AvgIpc) is 3.19. The summed E-state index contributed by atoms with van der Waals surface area (Å²) >= 11 is 1.27. The van der Waals surface area contributed by atoms with Crippen molar-refractivity contribution >= 4 is 28.1 Å². The molecule has 2 heterocycles. The highest BCUT2D eigenvalue weighted by Crippen LogP contribution is 2.30. The number of aromatic nitrogens is 1. The highest BCUT2D eigenvalue weighted by molar-refractivity contribution is 7.19. The van der Waals surface area contributed by atoms with Crippen molar-refractivity contribution in [3.8, 4) is 10.4 Å². The molecule has 0 unspecified atom stereocenters. The van der Waals surface area contributed by atoms with Crippen LogP contribution in [0.4, 0.5) is 10.8 Å². The maximum Gasteiger partial charge on any atom is 0.293 e. The van der Waals surface area contributed by atoms with Gasteiger partial charge in [0, 0.05) is 18.3 Å². The number of nitro groups is 1. The number of hydrogen-bond donors (Lipinski definition) is 1. The first kappa shape index (κ1) is 14.0. The van der Waals surface area contributed by atoms with Gasteiger partial charge in [-0.1, -0.05) is 11.3 Å². The second-order valence-electron chi connectivity index (χ2n) is 4.27. The number of rotatable bonds is 4. The van der Waals surface area contributed by atoms with Crippen LogP contribution in [0.15, 0.2) is 53.3 Å². The van der Waals surface area contributed by atoms with E-state index in [0.717, 1.165) is 10.4 Å². The number of benzene rings is 1. The van der Waals surface area contributed by atoms with Crippen molar-refractivity contribution in [1.82, 2.24) is 4.98 Å². The first-order chi connectivity index (χ1) is 10.6. The standard InChI is InChI=1S/C14H9N3O4S/c18-13(11-2-1-7-21-11)16-14-15-8-12(22-14)9-3-5-10(6-4-9)17(19)20/h1-8H,(H,15,16,18). The molecule has 1 aromatic carbocycles. The van der Waals surface area contributed by atoms with E-state index in [0.29, 0.717) is 5.13 Å². The molecule has 110 valence electrons. The molecular weight excluding hydrogens is 306 g/mol. The Labute approximate surface area is 128 Å². The van der Waals surface area contributed by atoms with Gasteiger partial charge in [0.2, 0.25) is 0 Å². The molecule has 0 saturated carbocycles. The lowest BCUT2D eigenvalue weighted by molar-refractivity contribution is -0.384. The molecule has 3 rings (SSSR count). The molecule has 0 saturated heterocycles. The number of carbonyl (C=O) groups excluding carboxylic acids is 1. The highest BCUT2D eigenvalue weighted by atomic mass is 32.1. The number of carbonyl (C=O) groups is 1. The van der Waals surface area contributed by atoms with E-state index in [1.165, 1.54) is 29.7 Å². The minimum absolute atomic E-state index is 0.0274. The summed E-state index contributed by atoms with van der Waals surface area (Å²) in [6.07, 6.45) is 3.02. The Bertz CT molecular complexity index is 809. The summed E-state index contributed by atoms with van der Waals surface area (Å²) in [7, 11) is 0. The maximum absolute atomic E-state index is 11.8. The van der Waals surface area contributed by atoms with Crippen LogP contribution in [-0.4, -0.2) is 15.8 Å². The van der Waals surface area contributed by atoms with Crippen LogP contribution in [0.25, 0.3) is 10.4 Å². The SMILES string of the molecule is O=C(Nc1ncc(-c2ccc([N+](=O)[O-])cc2)s1)c1ccco1. The Hall–Kier alpha value is -3.00. The summed E-state index contributed by atoms with van der Waals surface area (Å²) in [6, 6.07) is 9.32. The molecule has 8 heteroatoms. The van der Waals surface area contributed by atoms with Gasteiger partial charge in [-0.2, -0.15) is 0 Å². The fraction of sp³-hybridized carbons (Fsp3) is 0. The smallest absolute Gasteiger partial charge is 0.293 e. The number of nitro benzene ring substituents is 1. The molecule has 3 aromatic rings. The van der Waals surface area contributed by atoms with Gasteiger partial charge in [0.05, 0.1) is 16.1 Å². The maximum atomic E-state index is 11.8. The highest BCUT2D eigenvalue weighted by Gasteiger charge is 2.12. The van der Waals surface area contributed by atoms with Gasteiger partial charge in [-0.05, 0) is 29.8 Å². The Morgan fingerprint density at radius 3 is 2.68 bits per heavy atom. The fourth-order valence-corrected chi connectivity index (χ4v) is 2.60. The van der Waals surface area contributed by atoms with Crippen LogP contribution >= 0.6 is 11.3 Å². The normalized spacial score (nSPS) is 10.4. The minimum atomic E-state index is -0.453. The summed E-state index contributed by atoms with van der Waals surface area (Å²) in [4.78, 5) is 26.9. The first-order valence-electron chi connectivity index (χ1n) is 6.19. The molecule has 7 nitrogen and oxygen atoms in total. The quantitative estimate of drug-likeness (QED) is 0.586. The molecule has 0 fully saturated rings. The fourth-order valence-electron chi connectivity index (χ4n) is 1.78. The number of anilines is 1. The second kappa shape index (κ2) is 5.78. The van der Waals surface area contributed by atoms with Crippen LogP contribution in [-0.2, 0) is 0 Å². The van der Waals surface area contributed by atoms with Crippen molar-refractivity contribution in [3.63, 3.8) is 0 Å². The van der Waals surface area contributed by atoms with Crippen LogP contribution in [0.2, 0.25) is 0 Å². The zero-order chi connectivity index (χ0) is 15.5. The summed E-state index contributed by atoms with van der Waals surface area (Å²) in [5.74, 6) is -0.179. The lowest BCUT2D eigenvalue weighted by atomic mass is 10.2. The largest absolute Gasteiger partial charge is 0.459 e. The van der Waals surface area contributed by atoms with Gasteiger partial charge in [0.15, 0.2) is 10.9 Å². The number of nitrogens with zero attached hydrogens (tertiary/aromatic N) is 2. The third kappa shape index (κ3) is 2.86. The van der Waals surface area contributed by atoms with Crippen molar-refractivity contribution in [2.24, 2.45) is 0 Å². The van der Waals surface area contributed by atoms with Gasteiger partial charge in [-0.3, -0.25) is 20.2 Å². The van der Waals surface area contributed by atoms with E-state index in [2.05, 4.69) is 10.3 Å². The van der Waals surface area contributed by atoms with Crippen LogP contribution in [0.3, 0.4) is 0 Å². The molecule has 1 N–H and O–H groups in total. The van der Waals surface area contributed by atoms with Gasteiger partial charge in [-0.25, -0.2) is 4.98 Å². The van der Waals surface area contributed by atoms with Gasteiger partial charge in [-0.15, -0.1) is 0 Å². The van der Waals surface area contributed by atoms with E-state index in [9.17, 15) is 14.9 Å². The molecule has 0 aliphatic heterocycles. The van der Waals surface area contributed by atoms with E-state index in [1.807, 2.05) is 0 Å². The van der Waals surface area contributed by atoms with E-state index >= 15 is 0 Å². The number of thiazole rings is 1. The van der Waals surface area contributed by atoms with E-state index in [-0.39, 0.29) is 17.4 Å². The van der Waals surface area contributed by atoms with E-state index < -0.39 is 4.92 Å². The minimum Gasteiger partial charge on any atom is -0.459 e. The molecule has 0 aliphatic carbocycles. The molecule has 0 spiro atoms. The van der Waals surface area contributed by atoms with Crippen LogP contribution in [0.5, 0.6) is 0 Å². The predicted molar refractivity (Wildman–Crippen MR) is 80.9 cm³/mol. The Morgan fingerprint density at radius 1 is 1.27 bits per heavy atom. The van der Waals surface area contributed by atoms with Crippen molar-refractivity contribution in [2.75, 3.05) is 5.32 Å². The molecule has 0 aliphatic rings. The van der Waals surface area contributed by atoms with Gasteiger partial charge in [0.1, 0.15) is 0 Å². The van der Waals surface area contributed by atoms with E-state index in [4.69, 9.17) is 4.42 Å². The number of amides is 1. The second-order valence-corrected chi connectivity index (χ2v) is 5.30. The molecule has 0 atom stereocenters. The van der Waals surface area contributed by atoms with Crippen molar-refractivity contribution in [2.45, 2.75) is 0 Å². The van der Waals surface area contributed by atoms with Gasteiger partial charge >= 0.3 is 0 Å². The zero-order valence-corrected chi connectivity index (χ0v) is 11.9. The molecule has 2 aromatic heterocycles. The molecule has 1 amide bonds. The van der Waals surface area contributed by atoms with Crippen LogP contribution < -0.4 is 5.32 Å². The molecule has 0 radical (unpaired) electrons. The molecule has 0 bridgehead atoms. The number of furan rings is 1. The summed E-state index contributed by atoms with van der Waals surface area (Å²) in [6.45, 7) is 0. The Kier molecular flexibility index (Phi) is 3.67. The first-order valence-corrected chi connectivity index (χ1v) is 7.00. The monoisotopic (exact) mass is 315 g/mol. The van der Waals surface area contributed by atoms with Crippen LogP contribution in [0.1, 0.15) is 10.6 Å².